The highest BCUT2D eigenvalue weighted by Crippen LogP contribution is 2.41. The van der Waals surface area contributed by atoms with Gasteiger partial charge >= 0.3 is 18.3 Å². The lowest BCUT2D eigenvalue weighted by atomic mass is 10.0. The topological polar surface area (TPSA) is 151 Å². The van der Waals surface area contributed by atoms with Gasteiger partial charge < -0.3 is 20.2 Å². The van der Waals surface area contributed by atoms with Crippen LogP contribution in [0.2, 0.25) is 0 Å². The van der Waals surface area contributed by atoms with Crippen LogP contribution in [0.5, 0.6) is 6.08 Å². The lowest BCUT2D eigenvalue weighted by Crippen LogP contribution is -2.28. The Kier molecular flexibility index (Phi) is 9.40. The van der Waals surface area contributed by atoms with Crippen molar-refractivity contribution in [3.63, 3.8) is 0 Å². The molecule has 1 aliphatic rings. The van der Waals surface area contributed by atoms with Crippen LogP contribution >= 0.6 is 23.7 Å². The molecule has 0 saturated heterocycles. The SMILES string of the molecule is CCNC(=O)Nc1cc(-c2nc(C(F)(F)F)c(CNC3CCCC3)s2)c(-c2cncc(-c3nnc(O)o3)c2)cn1.Cl. The summed E-state index contributed by atoms with van der Waals surface area (Å²) >= 11 is 0.929. The monoisotopic (exact) mass is 610 g/mol. The van der Waals surface area contributed by atoms with Crippen molar-refractivity contribution in [2.24, 2.45) is 0 Å². The molecule has 4 aromatic heterocycles. The number of anilines is 1. The second-order valence-electron chi connectivity index (χ2n) is 9.10. The van der Waals surface area contributed by atoms with Crippen LogP contribution < -0.4 is 16.0 Å². The predicted molar refractivity (Wildman–Crippen MR) is 148 cm³/mol. The van der Waals surface area contributed by atoms with Gasteiger partial charge in [0.1, 0.15) is 10.8 Å². The Morgan fingerprint density at radius 3 is 2.56 bits per heavy atom. The number of alkyl halides is 3. The van der Waals surface area contributed by atoms with Crippen molar-refractivity contribution in [2.75, 3.05) is 11.9 Å². The van der Waals surface area contributed by atoms with E-state index in [4.69, 9.17) is 4.42 Å². The summed E-state index contributed by atoms with van der Waals surface area (Å²) in [5.74, 6) is 0.134. The molecule has 218 valence electrons. The maximum absolute atomic E-state index is 14.1. The number of thiazole rings is 1. The maximum Gasteiger partial charge on any atom is 0.434 e. The van der Waals surface area contributed by atoms with Crippen molar-refractivity contribution in [3.8, 4) is 39.2 Å². The molecule has 4 N–H and O–H groups in total. The minimum Gasteiger partial charge on any atom is -0.465 e. The van der Waals surface area contributed by atoms with Gasteiger partial charge in [0, 0.05) is 54.4 Å². The minimum absolute atomic E-state index is 0. The molecule has 0 atom stereocenters. The van der Waals surface area contributed by atoms with E-state index in [1.807, 2.05) is 0 Å². The van der Waals surface area contributed by atoms with Crippen LogP contribution in [0.15, 0.2) is 35.1 Å². The molecule has 16 heteroatoms. The molecule has 0 spiro atoms. The number of urea groups is 1. The fraction of sp³-hybridized carbons (Fsp3) is 0.360. The van der Waals surface area contributed by atoms with Crippen LogP contribution in [0.1, 0.15) is 43.2 Å². The first kappa shape index (κ1) is 30.1. The zero-order chi connectivity index (χ0) is 28.3. The lowest BCUT2D eigenvalue weighted by molar-refractivity contribution is -0.141. The zero-order valence-electron chi connectivity index (χ0n) is 21.7. The molecule has 0 radical (unpaired) electrons. The first-order chi connectivity index (χ1) is 19.2. The predicted octanol–water partition coefficient (Wildman–Crippen LogP) is 5.64. The molecule has 5 rings (SSSR count). The Hall–Kier alpha value is -3.82. The fourth-order valence-corrected chi connectivity index (χ4v) is 5.53. The molecule has 4 heterocycles. The van der Waals surface area contributed by atoms with Crippen LogP contribution in [-0.4, -0.2) is 48.9 Å². The number of rotatable bonds is 8. The van der Waals surface area contributed by atoms with Gasteiger partial charge in [-0.15, -0.1) is 28.8 Å². The molecule has 0 aliphatic heterocycles. The molecule has 11 nitrogen and oxygen atoms in total. The Labute approximate surface area is 242 Å². The Bertz CT molecular complexity index is 1510. The molecule has 0 aromatic carbocycles. The molecule has 2 amide bonds. The number of hydrogen-bond acceptors (Lipinski definition) is 10. The highest BCUT2D eigenvalue weighted by molar-refractivity contribution is 7.15. The zero-order valence-corrected chi connectivity index (χ0v) is 23.3. The molecule has 4 aromatic rings. The summed E-state index contributed by atoms with van der Waals surface area (Å²) < 4.78 is 47.3. The van der Waals surface area contributed by atoms with Gasteiger partial charge in [0.05, 0.1) is 10.4 Å². The third kappa shape index (κ3) is 7.10. The second kappa shape index (κ2) is 12.8. The number of nitrogens with one attached hydrogen (secondary N) is 3. The van der Waals surface area contributed by atoms with Gasteiger partial charge in [-0.2, -0.15) is 13.2 Å². The van der Waals surface area contributed by atoms with Gasteiger partial charge in [0.25, 0.3) is 5.89 Å². The van der Waals surface area contributed by atoms with Gasteiger partial charge in [-0.3, -0.25) is 10.3 Å². The van der Waals surface area contributed by atoms with Gasteiger partial charge in [0.15, 0.2) is 5.69 Å². The highest BCUT2D eigenvalue weighted by Gasteiger charge is 2.38. The Balaban J connectivity index is 0.00000387. The van der Waals surface area contributed by atoms with Crippen LogP contribution in [0.3, 0.4) is 0 Å². The van der Waals surface area contributed by atoms with E-state index >= 15 is 0 Å². The third-order valence-electron chi connectivity index (χ3n) is 6.30. The molecule has 1 aliphatic carbocycles. The number of carbonyl (C=O) groups is 1. The van der Waals surface area contributed by atoms with Crippen LogP contribution in [-0.2, 0) is 12.7 Å². The summed E-state index contributed by atoms with van der Waals surface area (Å²) in [6, 6.07) is 2.76. The number of amides is 2. The molecule has 0 bridgehead atoms. The number of aromatic hydroxyl groups is 1. The summed E-state index contributed by atoms with van der Waals surface area (Å²) in [6.45, 7) is 2.17. The lowest BCUT2D eigenvalue weighted by Gasteiger charge is -2.12. The van der Waals surface area contributed by atoms with Crippen LogP contribution in [0.4, 0.5) is 23.8 Å². The van der Waals surface area contributed by atoms with E-state index in [2.05, 4.69) is 41.1 Å². The van der Waals surface area contributed by atoms with Crippen molar-refractivity contribution in [1.82, 2.24) is 35.8 Å². The fourth-order valence-electron chi connectivity index (χ4n) is 4.46. The van der Waals surface area contributed by atoms with Gasteiger partial charge in [-0.1, -0.05) is 17.9 Å². The smallest absolute Gasteiger partial charge is 0.434 e. The standard InChI is InChI=1S/C25H25F3N8O3S.ClH/c1-2-30-23(37)33-19-8-16(17(11-32-19)13-7-14(10-29-9-13)21-35-36-24(38)39-21)22-34-20(25(26,27)28)18(40-22)12-31-15-5-3-4-6-15;/h7-11,15,31H,2-6,12H2,1H3,(H,36,38)(H2,30,32,33,37);1H. The van der Waals surface area contributed by atoms with Crippen LogP contribution in [0, 0.1) is 0 Å². The first-order valence-corrected chi connectivity index (χ1v) is 13.4. The van der Waals surface area contributed by atoms with Gasteiger partial charge in [-0.25, -0.2) is 14.8 Å². The Morgan fingerprint density at radius 2 is 1.88 bits per heavy atom. The summed E-state index contributed by atoms with van der Waals surface area (Å²) in [7, 11) is 0. The van der Waals surface area contributed by atoms with E-state index in [1.54, 1.807) is 13.0 Å². The molecule has 0 unspecified atom stereocenters. The summed E-state index contributed by atoms with van der Waals surface area (Å²) in [5.41, 5.74) is 0.621. The number of carbonyl (C=O) groups excluding carboxylic acids is 1. The summed E-state index contributed by atoms with van der Waals surface area (Å²) in [4.78, 5) is 24.7. The largest absolute Gasteiger partial charge is 0.465 e. The highest BCUT2D eigenvalue weighted by atomic mass is 35.5. The van der Waals surface area contributed by atoms with E-state index < -0.39 is 24.0 Å². The van der Waals surface area contributed by atoms with Gasteiger partial charge in [0.2, 0.25) is 0 Å². The van der Waals surface area contributed by atoms with Crippen molar-refractivity contribution >= 4 is 35.6 Å². The van der Waals surface area contributed by atoms with Crippen molar-refractivity contribution in [2.45, 2.75) is 51.4 Å². The maximum atomic E-state index is 14.1. The minimum atomic E-state index is -4.65. The van der Waals surface area contributed by atoms with Crippen molar-refractivity contribution < 1.29 is 27.5 Å². The van der Waals surface area contributed by atoms with E-state index in [0.717, 1.165) is 37.0 Å². The van der Waals surface area contributed by atoms with Crippen LogP contribution in [0.25, 0.3) is 33.2 Å². The normalized spacial score (nSPS) is 13.7. The number of hydrogen-bond donors (Lipinski definition) is 4. The third-order valence-corrected chi connectivity index (χ3v) is 7.38. The molecule has 41 heavy (non-hydrogen) atoms. The second-order valence-corrected chi connectivity index (χ2v) is 10.2. The number of nitrogens with zero attached hydrogens (tertiary/aromatic N) is 5. The van der Waals surface area contributed by atoms with Crippen molar-refractivity contribution in [1.29, 1.82) is 0 Å². The quantitative estimate of drug-likeness (QED) is 0.199. The van der Waals surface area contributed by atoms with Crippen molar-refractivity contribution in [3.05, 3.63) is 41.3 Å². The molecule has 1 fully saturated rings. The average molecular weight is 611 g/mol. The van der Waals surface area contributed by atoms with E-state index in [-0.39, 0.29) is 46.6 Å². The molecule has 1 saturated carbocycles. The van der Waals surface area contributed by atoms with Gasteiger partial charge in [-0.05, 0) is 31.9 Å². The Morgan fingerprint density at radius 1 is 1.12 bits per heavy atom. The van der Waals surface area contributed by atoms with E-state index in [0.29, 0.717) is 28.8 Å². The summed E-state index contributed by atoms with van der Waals surface area (Å²) in [5, 5.41) is 25.1. The molecular weight excluding hydrogens is 585 g/mol. The number of halogens is 4. The average Bonchev–Trinajstić information content (AvgIpc) is 3.68. The molecular formula is C25H26ClF3N8O3S. The summed E-state index contributed by atoms with van der Waals surface area (Å²) in [6.07, 6.45) is 3.04. The van der Waals surface area contributed by atoms with E-state index in [9.17, 15) is 23.1 Å². The van der Waals surface area contributed by atoms with E-state index in [1.165, 1.54) is 24.7 Å². The number of aromatic nitrogens is 5. The first-order valence-electron chi connectivity index (χ1n) is 12.5. The number of pyridine rings is 2.